The molecular formula is C16H20N4O4. The number of hydrogen-bond donors (Lipinski definition) is 2. The number of carbonyl (C=O) groups is 1. The molecule has 24 heavy (non-hydrogen) atoms. The van der Waals surface area contributed by atoms with E-state index in [9.17, 15) is 4.79 Å². The molecule has 128 valence electrons. The molecule has 0 aliphatic carbocycles. The Bertz CT molecular complexity index is 657. The molecule has 0 saturated carbocycles. The average molecular weight is 332 g/mol. The summed E-state index contributed by atoms with van der Waals surface area (Å²) >= 11 is 0. The van der Waals surface area contributed by atoms with Crippen molar-refractivity contribution < 1.29 is 19.7 Å². The van der Waals surface area contributed by atoms with Gasteiger partial charge in [0.05, 0.1) is 19.8 Å². The summed E-state index contributed by atoms with van der Waals surface area (Å²) in [5.41, 5.74) is 1.28. The van der Waals surface area contributed by atoms with E-state index in [1.54, 1.807) is 12.4 Å². The van der Waals surface area contributed by atoms with Crippen molar-refractivity contribution in [3.63, 3.8) is 0 Å². The van der Waals surface area contributed by atoms with Gasteiger partial charge in [0.1, 0.15) is 0 Å². The van der Waals surface area contributed by atoms with Crippen LogP contribution < -0.4 is 0 Å². The maximum Gasteiger partial charge on any atom is 0.196 e. The zero-order chi connectivity index (χ0) is 17.9. The third-order valence-corrected chi connectivity index (χ3v) is 2.66. The summed E-state index contributed by atoms with van der Waals surface area (Å²) in [5, 5.41) is 17.3. The Labute approximate surface area is 139 Å². The molecule has 0 unspecified atom stereocenters. The fraction of sp³-hybridized carbons (Fsp3) is 0.312. The number of carbonyl (C=O) groups excluding carboxylic acids is 1. The Morgan fingerprint density at radius 1 is 1.00 bits per heavy atom. The number of aliphatic hydroxyl groups excluding tert-OH is 2. The maximum absolute atomic E-state index is 10.7. The Morgan fingerprint density at radius 3 is 1.75 bits per heavy atom. The summed E-state index contributed by atoms with van der Waals surface area (Å²) in [6.45, 7) is 7.32. The number of Topliss-reactive ketones (excluding diaryl/α,β-unsaturated/α-hetero) is 1. The van der Waals surface area contributed by atoms with Gasteiger partial charge in [-0.1, -0.05) is 6.58 Å². The van der Waals surface area contributed by atoms with E-state index in [2.05, 4.69) is 26.5 Å². The molecule has 2 heterocycles. The van der Waals surface area contributed by atoms with E-state index < -0.39 is 0 Å². The lowest BCUT2D eigenvalue weighted by Gasteiger charge is -2.04. The predicted molar refractivity (Wildman–Crippen MR) is 86.6 cm³/mol. The van der Waals surface area contributed by atoms with Crippen LogP contribution in [-0.4, -0.2) is 42.5 Å². The summed E-state index contributed by atoms with van der Waals surface area (Å²) in [7, 11) is 0. The lowest BCUT2D eigenvalue weighted by Crippen LogP contribution is -2.01. The first-order valence-corrected chi connectivity index (χ1v) is 7.18. The van der Waals surface area contributed by atoms with Crippen molar-refractivity contribution >= 4 is 11.5 Å². The second-order valence-corrected chi connectivity index (χ2v) is 4.56. The van der Waals surface area contributed by atoms with Gasteiger partial charge in [-0.05, 0) is 6.92 Å². The minimum atomic E-state index is -0.172. The highest BCUT2D eigenvalue weighted by molar-refractivity contribution is 5.90. The van der Waals surface area contributed by atoms with Gasteiger partial charge in [-0.25, -0.2) is 19.9 Å². The van der Waals surface area contributed by atoms with Crippen molar-refractivity contribution in [2.24, 2.45) is 0 Å². The number of hydrogen-bond acceptors (Lipinski definition) is 8. The fourth-order valence-corrected chi connectivity index (χ4v) is 1.44. The van der Waals surface area contributed by atoms with Gasteiger partial charge >= 0.3 is 0 Å². The Kier molecular flexibility index (Phi) is 8.17. The summed E-state index contributed by atoms with van der Waals surface area (Å²) in [4.78, 5) is 26.1. The van der Waals surface area contributed by atoms with Gasteiger partial charge in [0.2, 0.25) is 0 Å². The first-order chi connectivity index (χ1) is 11.5. The molecule has 0 aliphatic rings. The van der Waals surface area contributed by atoms with E-state index in [4.69, 9.17) is 14.9 Å². The van der Waals surface area contributed by atoms with Crippen LogP contribution in [-0.2, 0) is 18.0 Å². The molecule has 0 aromatic carbocycles. The van der Waals surface area contributed by atoms with E-state index in [0.717, 1.165) is 0 Å². The van der Waals surface area contributed by atoms with Crippen LogP contribution in [0.4, 0.5) is 0 Å². The van der Waals surface area contributed by atoms with Crippen LogP contribution in [0.1, 0.15) is 41.4 Å². The van der Waals surface area contributed by atoms with Crippen molar-refractivity contribution in [2.45, 2.75) is 27.1 Å². The Balaban J connectivity index is 0.000000243. The van der Waals surface area contributed by atoms with Crippen LogP contribution in [0.3, 0.4) is 0 Å². The van der Waals surface area contributed by atoms with Gasteiger partial charge in [-0.3, -0.25) is 4.79 Å². The zero-order valence-electron chi connectivity index (χ0n) is 13.6. The summed E-state index contributed by atoms with van der Waals surface area (Å²) < 4.78 is 5.12. The van der Waals surface area contributed by atoms with Crippen molar-refractivity contribution in [1.29, 1.82) is 0 Å². The summed E-state index contributed by atoms with van der Waals surface area (Å²) in [6.07, 6.45) is 5.96. The van der Waals surface area contributed by atoms with Crippen LogP contribution in [0.5, 0.6) is 0 Å². The van der Waals surface area contributed by atoms with Crippen LogP contribution in [0.2, 0.25) is 0 Å². The predicted octanol–water partition coefficient (Wildman–Crippen LogP) is 1.15. The molecule has 0 atom stereocenters. The normalized spacial score (nSPS) is 9.67. The molecule has 0 radical (unpaired) electrons. The highest BCUT2D eigenvalue weighted by Crippen LogP contribution is 2.07. The highest BCUT2D eigenvalue weighted by Gasteiger charge is 2.02. The molecule has 0 fully saturated rings. The van der Waals surface area contributed by atoms with Crippen LogP contribution >= 0.6 is 0 Å². The van der Waals surface area contributed by atoms with Gasteiger partial charge in [0, 0.05) is 42.8 Å². The average Bonchev–Trinajstić information content (AvgIpc) is 2.62. The third kappa shape index (κ3) is 6.19. The van der Waals surface area contributed by atoms with Gasteiger partial charge in [0.15, 0.2) is 23.2 Å². The first-order valence-electron chi connectivity index (χ1n) is 7.18. The van der Waals surface area contributed by atoms with Crippen LogP contribution in [0, 0.1) is 0 Å². The Morgan fingerprint density at radius 2 is 1.42 bits per heavy atom. The third-order valence-electron chi connectivity index (χ3n) is 2.66. The number of aromatic nitrogens is 4. The minimum absolute atomic E-state index is 0.0542. The van der Waals surface area contributed by atoms with Crippen molar-refractivity contribution in [1.82, 2.24) is 19.9 Å². The highest BCUT2D eigenvalue weighted by atomic mass is 16.5. The van der Waals surface area contributed by atoms with E-state index in [1.807, 2.05) is 6.92 Å². The SMILES string of the molecule is C=C(OCC)c1ncc(CO)cn1.CC(=O)c1ncc(CO)cn1. The molecule has 2 aromatic rings. The zero-order valence-corrected chi connectivity index (χ0v) is 13.6. The van der Waals surface area contributed by atoms with E-state index in [1.165, 1.54) is 19.3 Å². The molecule has 0 spiro atoms. The maximum atomic E-state index is 10.7. The molecule has 8 heteroatoms. The largest absolute Gasteiger partial charge is 0.491 e. The quantitative estimate of drug-likeness (QED) is 0.597. The van der Waals surface area contributed by atoms with Crippen molar-refractivity contribution in [2.75, 3.05) is 6.61 Å². The molecule has 2 aromatic heterocycles. The molecule has 0 saturated heterocycles. The van der Waals surface area contributed by atoms with Crippen molar-refractivity contribution in [3.8, 4) is 0 Å². The second-order valence-electron chi connectivity index (χ2n) is 4.56. The summed E-state index contributed by atoms with van der Waals surface area (Å²) in [5.74, 6) is 0.919. The number of ether oxygens (including phenoxy) is 1. The number of aliphatic hydroxyl groups is 2. The molecule has 0 aliphatic heterocycles. The minimum Gasteiger partial charge on any atom is -0.491 e. The van der Waals surface area contributed by atoms with Crippen LogP contribution in [0.15, 0.2) is 31.4 Å². The Hall–Kier alpha value is -2.71. The van der Waals surface area contributed by atoms with Gasteiger partial charge in [-0.15, -0.1) is 0 Å². The van der Waals surface area contributed by atoms with Gasteiger partial charge in [0.25, 0.3) is 0 Å². The monoisotopic (exact) mass is 332 g/mol. The van der Waals surface area contributed by atoms with E-state index in [-0.39, 0.29) is 24.8 Å². The molecule has 0 bridgehead atoms. The van der Waals surface area contributed by atoms with Gasteiger partial charge < -0.3 is 14.9 Å². The smallest absolute Gasteiger partial charge is 0.196 e. The topological polar surface area (TPSA) is 118 Å². The standard InChI is InChI=1S/C9H12N2O2.C7H8N2O2/c1-3-13-7(2)9-10-4-8(6-12)5-11-9;1-5(11)7-8-2-6(4-10)3-9-7/h4-5,12H,2-3,6H2,1H3;2-3,10H,4H2,1H3. The fourth-order valence-electron chi connectivity index (χ4n) is 1.44. The molecule has 2 rings (SSSR count). The number of rotatable bonds is 6. The second kappa shape index (κ2) is 10.1. The lowest BCUT2D eigenvalue weighted by molar-refractivity contribution is 0.100. The van der Waals surface area contributed by atoms with E-state index >= 15 is 0 Å². The van der Waals surface area contributed by atoms with E-state index in [0.29, 0.717) is 29.3 Å². The van der Waals surface area contributed by atoms with Gasteiger partial charge in [-0.2, -0.15) is 0 Å². The van der Waals surface area contributed by atoms with Crippen LogP contribution in [0.25, 0.3) is 5.76 Å². The molecule has 8 nitrogen and oxygen atoms in total. The number of ketones is 1. The first kappa shape index (κ1) is 19.3. The van der Waals surface area contributed by atoms with Crippen molar-refractivity contribution in [3.05, 3.63) is 54.1 Å². The molecule has 0 amide bonds. The molecular weight excluding hydrogens is 312 g/mol. The lowest BCUT2D eigenvalue weighted by atomic mass is 10.3. The number of nitrogens with zero attached hydrogens (tertiary/aromatic N) is 4. The summed E-state index contributed by atoms with van der Waals surface area (Å²) in [6, 6.07) is 0. The molecule has 2 N–H and O–H groups in total.